The maximum Gasteiger partial charge on any atom is 0.139 e. The van der Waals surface area contributed by atoms with Crippen molar-refractivity contribution in [3.63, 3.8) is 0 Å². The third-order valence-corrected chi connectivity index (χ3v) is 0.770. The van der Waals surface area contributed by atoms with Crippen LogP contribution in [0.2, 0.25) is 0 Å². The summed E-state index contributed by atoms with van der Waals surface area (Å²) in [5.41, 5.74) is 0. The zero-order chi connectivity index (χ0) is 7.82. The molecule has 0 aliphatic carbocycles. The van der Waals surface area contributed by atoms with Gasteiger partial charge in [0.25, 0.3) is 0 Å². The van der Waals surface area contributed by atoms with Crippen LogP contribution < -0.4 is 0 Å². The van der Waals surface area contributed by atoms with E-state index in [1.165, 1.54) is 5.23 Å². The highest BCUT2D eigenvalue weighted by molar-refractivity contribution is 5.51. The summed E-state index contributed by atoms with van der Waals surface area (Å²) in [5, 5.41) is 1.17. The molecule has 60 valence electrons. The Bertz CT molecular complexity index is 81.1. The first-order valence-corrected chi connectivity index (χ1v) is 3.32. The van der Waals surface area contributed by atoms with Gasteiger partial charge in [0.05, 0.1) is 13.2 Å². The molecule has 10 heavy (non-hydrogen) atoms. The molecule has 0 aliphatic rings. The van der Waals surface area contributed by atoms with Crippen LogP contribution >= 0.6 is 0 Å². The molecular formula is C6H13NO3. The van der Waals surface area contributed by atoms with Gasteiger partial charge in [-0.2, -0.15) is 0 Å². The van der Waals surface area contributed by atoms with E-state index in [9.17, 15) is 4.79 Å². The topological polar surface area (TPSA) is 38.8 Å². The maximum absolute atomic E-state index is 9.96. The summed E-state index contributed by atoms with van der Waals surface area (Å²) < 4.78 is 0. The summed E-state index contributed by atoms with van der Waals surface area (Å²) in [7, 11) is 0. The zero-order valence-corrected chi connectivity index (χ0v) is 6.37. The Morgan fingerprint density at radius 2 is 1.80 bits per heavy atom. The smallest absolute Gasteiger partial charge is 0.139 e. The van der Waals surface area contributed by atoms with Crippen LogP contribution in [0.1, 0.15) is 13.8 Å². The van der Waals surface area contributed by atoms with Crippen LogP contribution in [0.3, 0.4) is 0 Å². The maximum atomic E-state index is 9.96. The van der Waals surface area contributed by atoms with Crippen LogP contribution in [0.4, 0.5) is 0 Å². The summed E-state index contributed by atoms with van der Waals surface area (Å²) in [6.07, 6.45) is 0.728. The van der Waals surface area contributed by atoms with Crippen molar-refractivity contribution in [2.45, 2.75) is 13.8 Å². The lowest BCUT2D eigenvalue weighted by atomic mass is 10.8. The van der Waals surface area contributed by atoms with E-state index < -0.39 is 0 Å². The number of hydrogen-bond donors (Lipinski definition) is 0. The molecule has 0 saturated heterocycles. The van der Waals surface area contributed by atoms with Crippen LogP contribution in [0.25, 0.3) is 0 Å². The predicted molar refractivity (Wildman–Crippen MR) is 36.0 cm³/mol. The normalized spacial score (nSPS) is 10.3. The van der Waals surface area contributed by atoms with Crippen LogP contribution in [-0.4, -0.2) is 31.3 Å². The molecule has 0 N–H and O–H groups in total. The monoisotopic (exact) mass is 147 g/mol. The van der Waals surface area contributed by atoms with E-state index in [2.05, 4.69) is 0 Å². The molecule has 0 spiro atoms. The molecular weight excluding hydrogens is 134 g/mol. The Hall–Kier alpha value is -0.450. The van der Waals surface area contributed by atoms with Gasteiger partial charge in [-0.25, -0.2) is 0 Å². The zero-order valence-electron chi connectivity index (χ0n) is 6.37. The summed E-state index contributed by atoms with van der Waals surface area (Å²) in [6.45, 7) is 4.83. The quantitative estimate of drug-likeness (QED) is 0.402. The molecule has 0 rings (SSSR count). The number of aldehydes is 1. The van der Waals surface area contributed by atoms with Crippen LogP contribution in [0.5, 0.6) is 0 Å². The van der Waals surface area contributed by atoms with E-state index in [0.29, 0.717) is 13.2 Å². The van der Waals surface area contributed by atoms with Crippen molar-refractivity contribution in [3.05, 3.63) is 0 Å². The second-order valence-corrected chi connectivity index (χ2v) is 1.52. The van der Waals surface area contributed by atoms with Gasteiger partial charge < -0.3 is 4.79 Å². The van der Waals surface area contributed by atoms with Crippen LogP contribution in [0, 0.1) is 0 Å². The van der Waals surface area contributed by atoms with Crippen molar-refractivity contribution in [1.82, 2.24) is 5.23 Å². The second kappa shape index (κ2) is 6.67. The number of rotatable bonds is 6. The molecule has 4 heteroatoms. The first-order valence-electron chi connectivity index (χ1n) is 3.32. The van der Waals surface area contributed by atoms with Gasteiger partial charge in [0.1, 0.15) is 12.8 Å². The predicted octanol–water partition coefficient (Wildman–Crippen LogP) is 0.390. The Kier molecular flexibility index (Phi) is 6.37. The molecule has 0 atom stereocenters. The van der Waals surface area contributed by atoms with Gasteiger partial charge in [-0.15, -0.1) is 0 Å². The second-order valence-electron chi connectivity index (χ2n) is 1.52. The van der Waals surface area contributed by atoms with Crippen molar-refractivity contribution >= 4 is 6.29 Å². The Labute approximate surface area is 60.6 Å². The lowest BCUT2D eigenvalue weighted by molar-refractivity contribution is -0.358. The average molecular weight is 147 g/mol. The molecule has 0 bridgehead atoms. The minimum absolute atomic E-state index is 0.154. The molecule has 4 nitrogen and oxygen atoms in total. The number of hydrogen-bond acceptors (Lipinski definition) is 4. The molecule has 0 heterocycles. The minimum Gasteiger partial charge on any atom is -0.302 e. The van der Waals surface area contributed by atoms with E-state index in [4.69, 9.17) is 9.68 Å². The Morgan fingerprint density at radius 1 is 1.30 bits per heavy atom. The fourth-order valence-corrected chi connectivity index (χ4v) is 0.492. The van der Waals surface area contributed by atoms with Gasteiger partial charge in [-0.3, -0.25) is 9.68 Å². The fourth-order valence-electron chi connectivity index (χ4n) is 0.492. The summed E-state index contributed by atoms with van der Waals surface area (Å²) in [5.74, 6) is 0. The van der Waals surface area contributed by atoms with E-state index in [1.807, 2.05) is 13.8 Å². The summed E-state index contributed by atoms with van der Waals surface area (Å²) in [6, 6.07) is 0. The molecule has 0 aromatic carbocycles. The molecule has 0 fully saturated rings. The van der Waals surface area contributed by atoms with Gasteiger partial charge in [-0.05, 0) is 13.8 Å². The molecule has 0 radical (unpaired) electrons. The molecule has 0 aliphatic heterocycles. The van der Waals surface area contributed by atoms with Gasteiger partial charge in [0, 0.05) is 0 Å². The number of hydroxylamine groups is 2. The van der Waals surface area contributed by atoms with E-state index >= 15 is 0 Å². The minimum atomic E-state index is 0.154. The lowest BCUT2D eigenvalue weighted by Crippen LogP contribution is -2.26. The van der Waals surface area contributed by atoms with Gasteiger partial charge in [0.2, 0.25) is 0 Å². The third-order valence-electron chi connectivity index (χ3n) is 0.770. The van der Waals surface area contributed by atoms with Crippen LogP contribution in [-0.2, 0) is 14.5 Å². The average Bonchev–Trinajstić information content (AvgIpc) is 1.90. The number of carbonyl (C=O) groups excluding carboxylic acids is 1. The first kappa shape index (κ1) is 9.55. The highest BCUT2D eigenvalue weighted by Gasteiger charge is 2.00. The largest absolute Gasteiger partial charge is 0.302 e. The van der Waals surface area contributed by atoms with E-state index in [-0.39, 0.29) is 6.54 Å². The standard InChI is InChI=1S/C6H13NO3/c1-3-9-7(5-6-8)10-4-2/h6H,3-5H2,1-2H3. The first-order chi connectivity index (χ1) is 4.85. The van der Waals surface area contributed by atoms with Crippen molar-refractivity contribution in [2.24, 2.45) is 0 Å². The summed E-state index contributed by atoms with van der Waals surface area (Å²) in [4.78, 5) is 19.8. The molecule has 0 aromatic rings. The Morgan fingerprint density at radius 3 is 2.10 bits per heavy atom. The van der Waals surface area contributed by atoms with Crippen LogP contribution in [0.15, 0.2) is 0 Å². The van der Waals surface area contributed by atoms with Gasteiger partial charge >= 0.3 is 0 Å². The third kappa shape index (κ3) is 4.43. The SMILES string of the molecule is CCON(CC=O)OCC. The van der Waals surface area contributed by atoms with Gasteiger partial charge in [-0.1, -0.05) is 5.23 Å². The number of nitrogens with zero attached hydrogens (tertiary/aromatic N) is 1. The van der Waals surface area contributed by atoms with E-state index in [1.54, 1.807) is 0 Å². The van der Waals surface area contributed by atoms with Gasteiger partial charge in [0.15, 0.2) is 0 Å². The highest BCUT2D eigenvalue weighted by Crippen LogP contribution is 1.88. The number of carbonyl (C=O) groups is 1. The molecule has 0 amide bonds. The van der Waals surface area contributed by atoms with Crippen molar-refractivity contribution in [1.29, 1.82) is 0 Å². The molecule has 0 aromatic heterocycles. The van der Waals surface area contributed by atoms with E-state index in [0.717, 1.165) is 6.29 Å². The van der Waals surface area contributed by atoms with Crippen molar-refractivity contribution in [2.75, 3.05) is 19.8 Å². The molecule has 0 saturated carbocycles. The fraction of sp³-hybridized carbons (Fsp3) is 0.833. The van der Waals surface area contributed by atoms with Crippen molar-refractivity contribution < 1.29 is 14.5 Å². The summed E-state index contributed by atoms with van der Waals surface area (Å²) >= 11 is 0. The molecule has 0 unspecified atom stereocenters. The lowest BCUT2D eigenvalue weighted by Gasteiger charge is -2.15. The highest BCUT2D eigenvalue weighted by atomic mass is 16.9. The van der Waals surface area contributed by atoms with Crippen molar-refractivity contribution in [3.8, 4) is 0 Å². The Balaban J connectivity index is 3.38.